The Morgan fingerprint density at radius 2 is 1.76 bits per heavy atom. The van der Waals surface area contributed by atoms with Gasteiger partial charge in [0.05, 0.1) is 15.0 Å². The molecule has 1 fully saturated rings. The number of nitrogens with one attached hydrogen (secondary N) is 1. The van der Waals surface area contributed by atoms with E-state index in [4.69, 9.17) is 4.74 Å². The summed E-state index contributed by atoms with van der Waals surface area (Å²) in [6, 6.07) is 9.26. The first kappa shape index (κ1) is 21.8. The smallest absolute Gasteiger partial charge is 0.340 e. The number of esters is 1. The first-order valence-corrected chi connectivity index (χ1v) is 12.3. The number of hydrogen-bond acceptors (Lipinski definition) is 6. The zero-order valence-electron chi connectivity index (χ0n) is 15.6. The minimum atomic E-state index is -3.85. The number of likely N-dealkylation sites (tertiary alicyclic amines) is 1. The van der Waals surface area contributed by atoms with Crippen molar-refractivity contribution in [2.24, 2.45) is 0 Å². The van der Waals surface area contributed by atoms with Crippen molar-refractivity contribution in [1.29, 1.82) is 0 Å². The highest BCUT2D eigenvalue weighted by molar-refractivity contribution is 9.11. The van der Waals surface area contributed by atoms with E-state index in [1.54, 1.807) is 23.1 Å². The lowest BCUT2D eigenvalue weighted by Gasteiger charge is -2.20. The fourth-order valence-corrected chi connectivity index (χ4v) is 6.09. The van der Waals surface area contributed by atoms with E-state index in [1.165, 1.54) is 18.2 Å². The summed E-state index contributed by atoms with van der Waals surface area (Å²) >= 11 is 4.30. The van der Waals surface area contributed by atoms with Crippen molar-refractivity contribution < 1.29 is 22.7 Å². The van der Waals surface area contributed by atoms with Crippen LogP contribution in [0.4, 0.5) is 5.69 Å². The molecular weight excluding hydrogens is 480 g/mol. The molecule has 2 heterocycles. The second-order valence-corrected chi connectivity index (χ2v) is 11.0. The quantitative estimate of drug-likeness (QED) is 0.607. The third-order valence-electron chi connectivity index (χ3n) is 4.49. The lowest BCUT2D eigenvalue weighted by molar-refractivity contribution is -0.134. The van der Waals surface area contributed by atoms with Crippen LogP contribution in [0.1, 0.15) is 36.0 Å². The van der Waals surface area contributed by atoms with Crippen molar-refractivity contribution in [3.63, 3.8) is 0 Å². The lowest BCUT2D eigenvalue weighted by Crippen LogP contribution is -2.35. The van der Waals surface area contributed by atoms with E-state index in [0.29, 0.717) is 16.9 Å². The number of carbonyl (C=O) groups is 2. The van der Waals surface area contributed by atoms with Crippen molar-refractivity contribution >= 4 is 54.9 Å². The molecule has 0 unspecified atom stereocenters. The molecule has 1 aromatic carbocycles. The number of rotatable bonds is 6. The summed E-state index contributed by atoms with van der Waals surface area (Å²) < 4.78 is 33.5. The Morgan fingerprint density at radius 3 is 2.41 bits per heavy atom. The van der Waals surface area contributed by atoms with Crippen molar-refractivity contribution in [2.45, 2.75) is 29.9 Å². The standard InChI is InChI=1S/C19H21BrN2O5S2/c20-16-9-10-18(28-16)29(25,26)21-15-8-4-3-7-14(15)19(24)27-13-17(23)22-11-5-1-2-6-12-22/h3-4,7-10,21H,1-2,5-6,11-13H2. The zero-order valence-corrected chi connectivity index (χ0v) is 18.8. The SMILES string of the molecule is O=C(OCC(=O)N1CCCCCC1)c1ccccc1NS(=O)(=O)c1ccc(Br)s1. The van der Waals surface area contributed by atoms with Gasteiger partial charge in [0.25, 0.3) is 15.9 Å². The van der Waals surface area contributed by atoms with Crippen LogP contribution in [-0.4, -0.2) is 44.9 Å². The maximum Gasteiger partial charge on any atom is 0.340 e. The summed E-state index contributed by atoms with van der Waals surface area (Å²) in [6.07, 6.45) is 4.09. The maximum absolute atomic E-state index is 12.6. The molecule has 3 rings (SSSR count). The Bertz CT molecular complexity index is 982. The molecule has 0 aliphatic carbocycles. The number of amides is 1. The molecular formula is C19H21BrN2O5S2. The predicted octanol–water partition coefficient (Wildman–Crippen LogP) is 3.87. The molecule has 10 heteroatoms. The van der Waals surface area contributed by atoms with Gasteiger partial charge in [0.1, 0.15) is 4.21 Å². The summed E-state index contributed by atoms with van der Waals surface area (Å²) in [5, 5.41) is 0. The van der Waals surface area contributed by atoms with Gasteiger partial charge >= 0.3 is 5.97 Å². The number of ether oxygens (including phenoxy) is 1. The van der Waals surface area contributed by atoms with Crippen LogP contribution in [0.5, 0.6) is 0 Å². The monoisotopic (exact) mass is 500 g/mol. The van der Waals surface area contributed by atoms with Crippen molar-refractivity contribution in [1.82, 2.24) is 4.90 Å². The van der Waals surface area contributed by atoms with E-state index in [0.717, 1.165) is 37.0 Å². The molecule has 2 aromatic rings. The molecule has 29 heavy (non-hydrogen) atoms. The van der Waals surface area contributed by atoms with Crippen LogP contribution in [0.15, 0.2) is 44.4 Å². The zero-order chi connectivity index (χ0) is 20.9. The van der Waals surface area contributed by atoms with Gasteiger partial charge in [0.2, 0.25) is 0 Å². The molecule has 0 radical (unpaired) electrons. The molecule has 0 atom stereocenters. The van der Waals surface area contributed by atoms with Gasteiger partial charge in [-0.3, -0.25) is 9.52 Å². The van der Waals surface area contributed by atoms with Crippen LogP contribution in [0.2, 0.25) is 0 Å². The Hall–Kier alpha value is -1.91. The highest BCUT2D eigenvalue weighted by Crippen LogP contribution is 2.28. The van der Waals surface area contributed by atoms with Crippen LogP contribution < -0.4 is 4.72 Å². The Balaban J connectivity index is 1.68. The average molecular weight is 501 g/mol. The van der Waals surface area contributed by atoms with Gasteiger partial charge in [-0.1, -0.05) is 25.0 Å². The first-order valence-electron chi connectivity index (χ1n) is 9.19. The van der Waals surface area contributed by atoms with Gasteiger partial charge in [-0.15, -0.1) is 11.3 Å². The fraction of sp³-hybridized carbons (Fsp3) is 0.368. The van der Waals surface area contributed by atoms with Gasteiger partial charge in [0, 0.05) is 13.1 Å². The first-order chi connectivity index (χ1) is 13.9. The molecule has 156 valence electrons. The summed E-state index contributed by atoms with van der Waals surface area (Å²) in [4.78, 5) is 26.5. The third-order valence-corrected chi connectivity index (χ3v) is 7.97. The van der Waals surface area contributed by atoms with E-state index in [-0.39, 0.29) is 28.0 Å². The van der Waals surface area contributed by atoms with Crippen molar-refractivity contribution in [2.75, 3.05) is 24.4 Å². The second kappa shape index (κ2) is 9.73. The van der Waals surface area contributed by atoms with E-state index in [2.05, 4.69) is 20.7 Å². The number of carbonyl (C=O) groups excluding carboxylic acids is 2. The molecule has 1 aliphatic heterocycles. The maximum atomic E-state index is 12.6. The molecule has 7 nitrogen and oxygen atoms in total. The van der Waals surface area contributed by atoms with Gasteiger partial charge in [-0.2, -0.15) is 0 Å². The Labute approximate surface area is 182 Å². The number of sulfonamides is 1. The summed E-state index contributed by atoms with van der Waals surface area (Å²) in [6.45, 7) is 0.976. The van der Waals surface area contributed by atoms with E-state index in [9.17, 15) is 18.0 Å². The Morgan fingerprint density at radius 1 is 1.07 bits per heavy atom. The van der Waals surface area contributed by atoms with Crippen molar-refractivity contribution in [3.8, 4) is 0 Å². The molecule has 1 amide bonds. The van der Waals surface area contributed by atoms with Crippen molar-refractivity contribution in [3.05, 3.63) is 45.7 Å². The van der Waals surface area contributed by atoms with Crippen LogP contribution in [0.25, 0.3) is 0 Å². The minimum absolute atomic E-state index is 0.0513. The topological polar surface area (TPSA) is 92.8 Å². The highest BCUT2D eigenvalue weighted by Gasteiger charge is 2.22. The molecule has 1 aliphatic rings. The number of para-hydroxylation sites is 1. The Kier molecular flexibility index (Phi) is 7.31. The number of halogens is 1. The number of thiophene rings is 1. The van der Waals surface area contributed by atoms with E-state index < -0.39 is 16.0 Å². The third kappa shape index (κ3) is 5.80. The number of nitrogens with zero attached hydrogens (tertiary/aromatic N) is 1. The fourth-order valence-electron chi connectivity index (χ4n) is 3.00. The second-order valence-electron chi connectivity index (χ2n) is 6.58. The molecule has 0 saturated carbocycles. The molecule has 0 bridgehead atoms. The lowest BCUT2D eigenvalue weighted by atomic mass is 10.2. The molecule has 1 N–H and O–H groups in total. The van der Waals surface area contributed by atoms with Crippen LogP contribution in [0, 0.1) is 0 Å². The normalized spacial score (nSPS) is 14.9. The van der Waals surface area contributed by atoms with Crippen LogP contribution >= 0.6 is 27.3 Å². The van der Waals surface area contributed by atoms with Gasteiger partial charge in [0.15, 0.2) is 6.61 Å². The summed E-state index contributed by atoms with van der Waals surface area (Å²) in [5.74, 6) is -0.986. The average Bonchev–Trinajstić information content (AvgIpc) is 2.97. The minimum Gasteiger partial charge on any atom is -0.452 e. The van der Waals surface area contributed by atoms with Gasteiger partial charge in [-0.25, -0.2) is 13.2 Å². The van der Waals surface area contributed by atoms with Gasteiger partial charge in [-0.05, 0) is 53.0 Å². The summed E-state index contributed by atoms with van der Waals surface area (Å²) in [5.41, 5.74) is 0.152. The summed E-state index contributed by atoms with van der Waals surface area (Å²) in [7, 11) is -3.85. The molecule has 0 spiro atoms. The highest BCUT2D eigenvalue weighted by atomic mass is 79.9. The van der Waals surface area contributed by atoms with Crippen LogP contribution in [-0.2, 0) is 19.6 Å². The largest absolute Gasteiger partial charge is 0.452 e. The number of hydrogen-bond donors (Lipinski definition) is 1. The molecule has 1 aromatic heterocycles. The van der Waals surface area contributed by atoms with Crippen LogP contribution in [0.3, 0.4) is 0 Å². The molecule has 1 saturated heterocycles. The van der Waals surface area contributed by atoms with E-state index >= 15 is 0 Å². The number of benzene rings is 1. The predicted molar refractivity (Wildman–Crippen MR) is 115 cm³/mol. The van der Waals surface area contributed by atoms with Gasteiger partial charge < -0.3 is 9.64 Å². The number of anilines is 1. The van der Waals surface area contributed by atoms with E-state index in [1.807, 2.05) is 0 Å².